The van der Waals surface area contributed by atoms with E-state index in [1.54, 1.807) is 43.5 Å². The highest BCUT2D eigenvalue weighted by Crippen LogP contribution is 2.48. The van der Waals surface area contributed by atoms with Crippen molar-refractivity contribution in [3.8, 4) is 11.5 Å². The number of rotatable bonds is 6. The topological polar surface area (TPSA) is 76.7 Å². The van der Waals surface area contributed by atoms with Gasteiger partial charge in [-0.3, -0.25) is 9.59 Å². The molecular formula is C20H21ClN2O4. The summed E-state index contributed by atoms with van der Waals surface area (Å²) in [5, 5.41) is 6.24. The zero-order valence-corrected chi connectivity index (χ0v) is 16.1. The molecule has 1 saturated carbocycles. The number of halogens is 1. The van der Waals surface area contributed by atoms with E-state index in [2.05, 4.69) is 10.6 Å². The van der Waals surface area contributed by atoms with E-state index in [1.807, 2.05) is 6.92 Å². The number of methoxy groups -OCH3 is 2. The third kappa shape index (κ3) is 3.85. The monoisotopic (exact) mass is 388 g/mol. The van der Waals surface area contributed by atoms with E-state index >= 15 is 0 Å². The fourth-order valence-electron chi connectivity index (χ4n) is 2.84. The normalized spacial score (nSPS) is 14.2. The molecule has 1 aliphatic carbocycles. The summed E-state index contributed by atoms with van der Waals surface area (Å²) in [5.41, 5.74) is 0.899. The van der Waals surface area contributed by atoms with Gasteiger partial charge in [0.2, 0.25) is 11.8 Å². The van der Waals surface area contributed by atoms with Crippen LogP contribution < -0.4 is 20.1 Å². The molecule has 2 amide bonds. The molecule has 0 atom stereocenters. The number of benzene rings is 2. The number of carbonyl (C=O) groups is 2. The Morgan fingerprint density at radius 2 is 1.59 bits per heavy atom. The van der Waals surface area contributed by atoms with Gasteiger partial charge in [-0.1, -0.05) is 11.6 Å². The fourth-order valence-corrected chi connectivity index (χ4v) is 3.06. The Morgan fingerprint density at radius 1 is 0.963 bits per heavy atom. The minimum Gasteiger partial charge on any atom is -0.497 e. The van der Waals surface area contributed by atoms with E-state index in [0.29, 0.717) is 40.7 Å². The zero-order valence-electron chi connectivity index (χ0n) is 15.4. The SMILES string of the molecule is COc1ccc(NC(=O)C2(C(=O)Nc3ccc(Cl)cc3C)CC2)c(OC)c1. The Kier molecular flexibility index (Phi) is 5.28. The minimum atomic E-state index is -1.07. The van der Waals surface area contributed by atoms with Gasteiger partial charge < -0.3 is 20.1 Å². The Bertz CT molecular complexity index is 894. The molecule has 0 radical (unpaired) electrons. The second-order valence-electron chi connectivity index (χ2n) is 6.52. The van der Waals surface area contributed by atoms with Crippen LogP contribution in [0.2, 0.25) is 5.02 Å². The molecule has 0 aromatic heterocycles. The van der Waals surface area contributed by atoms with Crippen LogP contribution in [0, 0.1) is 12.3 Å². The highest BCUT2D eigenvalue weighted by atomic mass is 35.5. The molecule has 0 spiro atoms. The van der Waals surface area contributed by atoms with E-state index in [-0.39, 0.29) is 11.8 Å². The van der Waals surface area contributed by atoms with E-state index in [1.165, 1.54) is 7.11 Å². The van der Waals surface area contributed by atoms with Crippen molar-refractivity contribution in [2.45, 2.75) is 19.8 Å². The summed E-state index contributed by atoms with van der Waals surface area (Å²) in [7, 11) is 3.06. The zero-order chi connectivity index (χ0) is 19.6. The van der Waals surface area contributed by atoms with Gasteiger partial charge in [-0.15, -0.1) is 0 Å². The van der Waals surface area contributed by atoms with Crippen LogP contribution in [0.4, 0.5) is 11.4 Å². The van der Waals surface area contributed by atoms with Crippen molar-refractivity contribution in [1.29, 1.82) is 0 Å². The van der Waals surface area contributed by atoms with Crippen LogP contribution in [-0.4, -0.2) is 26.0 Å². The molecule has 2 N–H and O–H groups in total. The van der Waals surface area contributed by atoms with E-state index < -0.39 is 5.41 Å². The van der Waals surface area contributed by atoms with Crippen LogP contribution in [0.15, 0.2) is 36.4 Å². The van der Waals surface area contributed by atoms with Gasteiger partial charge in [0, 0.05) is 16.8 Å². The molecule has 27 heavy (non-hydrogen) atoms. The highest BCUT2D eigenvalue weighted by molar-refractivity contribution is 6.30. The van der Waals surface area contributed by atoms with Crippen molar-refractivity contribution in [3.63, 3.8) is 0 Å². The molecule has 6 nitrogen and oxygen atoms in total. The molecule has 2 aromatic carbocycles. The quantitative estimate of drug-likeness (QED) is 0.732. The average molecular weight is 389 g/mol. The summed E-state index contributed by atoms with van der Waals surface area (Å²) in [6, 6.07) is 10.3. The summed E-state index contributed by atoms with van der Waals surface area (Å²) in [5.74, 6) is 0.405. The average Bonchev–Trinajstić information content (AvgIpc) is 3.46. The van der Waals surface area contributed by atoms with Crippen LogP contribution in [0.25, 0.3) is 0 Å². The summed E-state index contributed by atoms with van der Waals surface area (Å²) in [6.45, 7) is 1.85. The molecule has 0 bridgehead atoms. The summed E-state index contributed by atoms with van der Waals surface area (Å²) in [4.78, 5) is 25.6. The molecule has 1 fully saturated rings. The number of amides is 2. The highest BCUT2D eigenvalue weighted by Gasteiger charge is 2.56. The van der Waals surface area contributed by atoms with Crippen LogP contribution in [0.3, 0.4) is 0 Å². The number of ether oxygens (including phenoxy) is 2. The first-order valence-electron chi connectivity index (χ1n) is 8.51. The summed E-state index contributed by atoms with van der Waals surface area (Å²) < 4.78 is 10.5. The summed E-state index contributed by atoms with van der Waals surface area (Å²) in [6.07, 6.45) is 0.992. The van der Waals surface area contributed by atoms with E-state index in [4.69, 9.17) is 21.1 Å². The van der Waals surface area contributed by atoms with Crippen molar-refractivity contribution in [1.82, 2.24) is 0 Å². The lowest BCUT2D eigenvalue weighted by molar-refractivity contribution is -0.131. The Hall–Kier alpha value is -2.73. The standard InChI is InChI=1S/C20H21ClN2O4/c1-12-10-13(21)4-6-15(12)22-18(24)20(8-9-20)19(25)23-16-7-5-14(26-2)11-17(16)27-3/h4-7,10-11H,8-9H2,1-3H3,(H,22,24)(H,23,25). The lowest BCUT2D eigenvalue weighted by Crippen LogP contribution is -2.35. The van der Waals surface area contributed by atoms with Crippen LogP contribution in [-0.2, 0) is 9.59 Å². The van der Waals surface area contributed by atoms with Gasteiger partial charge >= 0.3 is 0 Å². The van der Waals surface area contributed by atoms with Gasteiger partial charge in [-0.25, -0.2) is 0 Å². The molecule has 7 heteroatoms. The van der Waals surface area contributed by atoms with Crippen LogP contribution in [0.1, 0.15) is 18.4 Å². The molecule has 0 saturated heterocycles. The molecule has 1 aliphatic rings. The molecule has 0 heterocycles. The van der Waals surface area contributed by atoms with Crippen molar-refractivity contribution in [2.24, 2.45) is 5.41 Å². The third-order valence-corrected chi connectivity index (χ3v) is 4.95. The maximum Gasteiger partial charge on any atom is 0.240 e. The largest absolute Gasteiger partial charge is 0.497 e. The van der Waals surface area contributed by atoms with Crippen LogP contribution >= 0.6 is 11.6 Å². The Balaban J connectivity index is 1.75. The maximum absolute atomic E-state index is 12.8. The van der Waals surface area contributed by atoms with Gasteiger partial charge in [0.05, 0.1) is 19.9 Å². The Labute approximate surface area is 162 Å². The number of aryl methyl sites for hydroxylation is 1. The third-order valence-electron chi connectivity index (χ3n) is 4.71. The number of carbonyl (C=O) groups excluding carboxylic acids is 2. The first-order chi connectivity index (χ1) is 12.9. The number of nitrogens with one attached hydrogen (secondary N) is 2. The lowest BCUT2D eigenvalue weighted by atomic mass is 10.0. The molecular weight excluding hydrogens is 368 g/mol. The number of hydrogen-bond acceptors (Lipinski definition) is 4. The van der Waals surface area contributed by atoms with E-state index in [0.717, 1.165) is 5.56 Å². The number of anilines is 2. The van der Waals surface area contributed by atoms with Crippen molar-refractivity contribution in [3.05, 3.63) is 47.0 Å². The predicted octanol–water partition coefficient (Wildman–Crippen LogP) is 4.02. The summed E-state index contributed by atoms with van der Waals surface area (Å²) >= 11 is 5.95. The van der Waals surface area contributed by atoms with Crippen molar-refractivity contribution < 1.29 is 19.1 Å². The smallest absolute Gasteiger partial charge is 0.240 e. The minimum absolute atomic E-state index is 0.321. The first kappa shape index (κ1) is 19.0. The van der Waals surface area contributed by atoms with Gasteiger partial charge in [0.1, 0.15) is 16.9 Å². The van der Waals surface area contributed by atoms with Crippen molar-refractivity contribution in [2.75, 3.05) is 24.9 Å². The van der Waals surface area contributed by atoms with Crippen LogP contribution in [0.5, 0.6) is 11.5 Å². The predicted molar refractivity (Wildman–Crippen MR) is 105 cm³/mol. The van der Waals surface area contributed by atoms with Gasteiger partial charge in [0.25, 0.3) is 0 Å². The van der Waals surface area contributed by atoms with Gasteiger partial charge in [-0.05, 0) is 55.7 Å². The molecule has 2 aromatic rings. The molecule has 0 unspecified atom stereocenters. The van der Waals surface area contributed by atoms with E-state index in [9.17, 15) is 9.59 Å². The molecule has 142 valence electrons. The lowest BCUT2D eigenvalue weighted by Gasteiger charge is -2.18. The number of hydrogen-bond donors (Lipinski definition) is 2. The van der Waals surface area contributed by atoms with Crippen molar-refractivity contribution >= 4 is 34.8 Å². The van der Waals surface area contributed by atoms with Gasteiger partial charge in [-0.2, -0.15) is 0 Å². The fraction of sp³-hybridized carbons (Fsp3) is 0.300. The Morgan fingerprint density at radius 3 is 2.15 bits per heavy atom. The molecule has 3 rings (SSSR count). The molecule has 0 aliphatic heterocycles. The maximum atomic E-state index is 12.8. The first-order valence-corrected chi connectivity index (χ1v) is 8.88. The van der Waals surface area contributed by atoms with Gasteiger partial charge in [0.15, 0.2) is 0 Å². The second-order valence-corrected chi connectivity index (χ2v) is 6.95. The second kappa shape index (κ2) is 7.48.